The number of alkyl halides is 3. The topological polar surface area (TPSA) is 34.2 Å². The van der Waals surface area contributed by atoms with Crippen molar-refractivity contribution in [3.8, 4) is 5.88 Å². The van der Waals surface area contributed by atoms with Crippen molar-refractivity contribution in [3.63, 3.8) is 0 Å². The van der Waals surface area contributed by atoms with E-state index in [0.29, 0.717) is 5.69 Å². The summed E-state index contributed by atoms with van der Waals surface area (Å²) in [4.78, 5) is 3.39. The zero-order chi connectivity index (χ0) is 9.90. The highest BCUT2D eigenvalue weighted by atomic mass is 35.5. The second kappa shape index (κ2) is 4.90. The largest absolute Gasteiger partial charge is 0.574 e. The predicted molar refractivity (Wildman–Crippen MR) is 47.7 cm³/mol. The molecule has 14 heavy (non-hydrogen) atoms. The van der Waals surface area contributed by atoms with E-state index >= 15 is 0 Å². The smallest absolute Gasteiger partial charge is 0.388 e. The molecular formula is C7H8ClF3N2O. The summed E-state index contributed by atoms with van der Waals surface area (Å²) in [6.45, 7) is 0. The third-order valence-corrected chi connectivity index (χ3v) is 1.24. The molecule has 0 aliphatic rings. The Morgan fingerprint density at radius 1 is 1.43 bits per heavy atom. The van der Waals surface area contributed by atoms with Crippen LogP contribution in [0.15, 0.2) is 18.3 Å². The van der Waals surface area contributed by atoms with Crippen LogP contribution >= 0.6 is 12.4 Å². The van der Waals surface area contributed by atoms with E-state index in [0.717, 1.165) is 6.07 Å². The molecule has 1 aromatic rings. The Morgan fingerprint density at radius 3 is 2.57 bits per heavy atom. The number of aromatic nitrogens is 1. The molecule has 1 rings (SSSR count). The van der Waals surface area contributed by atoms with Crippen LogP contribution in [0, 0.1) is 0 Å². The van der Waals surface area contributed by atoms with Crippen LogP contribution in [0.3, 0.4) is 0 Å². The van der Waals surface area contributed by atoms with Gasteiger partial charge in [0.05, 0.1) is 0 Å². The minimum atomic E-state index is -4.70. The van der Waals surface area contributed by atoms with Crippen LogP contribution in [-0.4, -0.2) is 18.4 Å². The first-order valence-electron chi connectivity index (χ1n) is 3.41. The van der Waals surface area contributed by atoms with Gasteiger partial charge in [-0.15, -0.1) is 25.6 Å². The Kier molecular flexibility index (Phi) is 4.49. The Labute approximate surface area is 84.7 Å². The van der Waals surface area contributed by atoms with E-state index in [-0.39, 0.29) is 12.4 Å². The van der Waals surface area contributed by atoms with Gasteiger partial charge in [0.25, 0.3) is 0 Å². The van der Waals surface area contributed by atoms with Crippen molar-refractivity contribution in [3.05, 3.63) is 18.3 Å². The van der Waals surface area contributed by atoms with Gasteiger partial charge in [-0.05, 0) is 6.07 Å². The average molecular weight is 229 g/mol. The number of ether oxygens (including phenoxy) is 1. The Hall–Kier alpha value is -1.17. The Bertz CT molecular complexity index is 293. The predicted octanol–water partition coefficient (Wildman–Crippen LogP) is 2.44. The van der Waals surface area contributed by atoms with Crippen LogP contribution in [0.2, 0.25) is 0 Å². The van der Waals surface area contributed by atoms with Crippen LogP contribution in [0.4, 0.5) is 18.9 Å². The molecule has 0 bridgehead atoms. The molecule has 0 atom stereocenters. The molecule has 80 valence electrons. The van der Waals surface area contributed by atoms with Crippen molar-refractivity contribution in [2.75, 3.05) is 12.4 Å². The minimum absolute atomic E-state index is 0. The molecule has 0 spiro atoms. The van der Waals surface area contributed by atoms with E-state index in [2.05, 4.69) is 15.0 Å². The standard InChI is InChI=1S/C7H7F3N2O.ClH/c1-11-5-2-3-12-6(4-5)13-7(8,9)10;/h2-4H,1H3,(H,11,12);1H. The third kappa shape index (κ3) is 4.18. The number of nitrogens with one attached hydrogen (secondary N) is 1. The van der Waals surface area contributed by atoms with Gasteiger partial charge in [-0.3, -0.25) is 0 Å². The van der Waals surface area contributed by atoms with E-state index in [9.17, 15) is 13.2 Å². The summed E-state index contributed by atoms with van der Waals surface area (Å²) in [6.07, 6.45) is -3.47. The van der Waals surface area contributed by atoms with E-state index < -0.39 is 12.2 Å². The lowest BCUT2D eigenvalue weighted by atomic mass is 10.4. The SMILES string of the molecule is CNc1ccnc(OC(F)(F)F)c1.Cl. The molecule has 0 amide bonds. The summed E-state index contributed by atoms with van der Waals surface area (Å²) in [5, 5.41) is 2.67. The summed E-state index contributed by atoms with van der Waals surface area (Å²) < 4.78 is 38.7. The van der Waals surface area contributed by atoms with Crippen LogP contribution in [-0.2, 0) is 0 Å². The Balaban J connectivity index is 0.00000169. The molecule has 1 aromatic heterocycles. The number of anilines is 1. The van der Waals surface area contributed by atoms with Gasteiger partial charge < -0.3 is 10.1 Å². The van der Waals surface area contributed by atoms with Gasteiger partial charge >= 0.3 is 6.36 Å². The molecule has 0 aliphatic heterocycles. The highest BCUT2D eigenvalue weighted by Gasteiger charge is 2.31. The maximum Gasteiger partial charge on any atom is 0.574 e. The number of hydrogen-bond donors (Lipinski definition) is 1. The summed E-state index contributed by atoms with van der Waals surface area (Å²) in [5.41, 5.74) is 0.509. The number of hydrogen-bond acceptors (Lipinski definition) is 3. The lowest BCUT2D eigenvalue weighted by Crippen LogP contribution is -2.17. The first-order chi connectivity index (χ1) is 6.01. The summed E-state index contributed by atoms with van der Waals surface area (Å²) in [6, 6.07) is 2.69. The van der Waals surface area contributed by atoms with E-state index in [1.54, 1.807) is 7.05 Å². The van der Waals surface area contributed by atoms with Crippen LogP contribution in [0.5, 0.6) is 5.88 Å². The molecular weight excluding hydrogens is 221 g/mol. The molecule has 0 saturated carbocycles. The van der Waals surface area contributed by atoms with Crippen molar-refractivity contribution in [1.82, 2.24) is 4.98 Å². The molecule has 0 fully saturated rings. The molecule has 0 aromatic carbocycles. The van der Waals surface area contributed by atoms with Crippen molar-refractivity contribution in [2.45, 2.75) is 6.36 Å². The maximum absolute atomic E-state index is 11.7. The quantitative estimate of drug-likeness (QED) is 0.844. The molecule has 0 aliphatic carbocycles. The zero-order valence-corrected chi connectivity index (χ0v) is 7.95. The average Bonchev–Trinajstić information content (AvgIpc) is 2.01. The molecule has 1 N–H and O–H groups in total. The van der Waals surface area contributed by atoms with Crippen molar-refractivity contribution in [2.24, 2.45) is 0 Å². The van der Waals surface area contributed by atoms with Crippen molar-refractivity contribution < 1.29 is 17.9 Å². The zero-order valence-electron chi connectivity index (χ0n) is 7.13. The first kappa shape index (κ1) is 12.8. The second-order valence-corrected chi connectivity index (χ2v) is 2.18. The lowest BCUT2D eigenvalue weighted by Gasteiger charge is -2.08. The van der Waals surface area contributed by atoms with Crippen LogP contribution in [0.1, 0.15) is 0 Å². The summed E-state index contributed by atoms with van der Waals surface area (Å²) in [7, 11) is 1.59. The summed E-state index contributed by atoms with van der Waals surface area (Å²) in [5.74, 6) is -0.473. The molecule has 3 nitrogen and oxygen atoms in total. The normalized spacial score (nSPS) is 10.3. The Morgan fingerprint density at radius 2 is 2.07 bits per heavy atom. The lowest BCUT2D eigenvalue weighted by molar-refractivity contribution is -0.276. The van der Waals surface area contributed by atoms with Crippen molar-refractivity contribution in [1.29, 1.82) is 0 Å². The molecule has 7 heteroatoms. The van der Waals surface area contributed by atoms with Crippen molar-refractivity contribution >= 4 is 18.1 Å². The third-order valence-electron chi connectivity index (χ3n) is 1.24. The monoisotopic (exact) mass is 228 g/mol. The van der Waals surface area contributed by atoms with E-state index in [1.807, 2.05) is 0 Å². The van der Waals surface area contributed by atoms with Gasteiger partial charge in [0, 0.05) is 25.0 Å². The summed E-state index contributed by atoms with van der Waals surface area (Å²) >= 11 is 0. The highest BCUT2D eigenvalue weighted by molar-refractivity contribution is 5.85. The molecule has 0 unspecified atom stereocenters. The van der Waals surface area contributed by atoms with Gasteiger partial charge in [0.2, 0.25) is 5.88 Å². The fourth-order valence-electron chi connectivity index (χ4n) is 0.739. The molecule has 1 heterocycles. The highest BCUT2D eigenvalue weighted by Crippen LogP contribution is 2.22. The van der Waals surface area contributed by atoms with E-state index in [4.69, 9.17) is 0 Å². The second-order valence-electron chi connectivity index (χ2n) is 2.18. The number of pyridine rings is 1. The van der Waals surface area contributed by atoms with Gasteiger partial charge in [0.15, 0.2) is 0 Å². The number of halogens is 4. The van der Waals surface area contributed by atoms with Gasteiger partial charge in [0.1, 0.15) is 0 Å². The number of nitrogens with zero attached hydrogens (tertiary/aromatic N) is 1. The first-order valence-corrected chi connectivity index (χ1v) is 3.41. The maximum atomic E-state index is 11.7. The number of rotatable bonds is 2. The fourth-order valence-corrected chi connectivity index (χ4v) is 0.739. The van der Waals surface area contributed by atoms with Gasteiger partial charge in [-0.2, -0.15) is 0 Å². The van der Waals surface area contributed by atoms with Gasteiger partial charge in [-0.1, -0.05) is 0 Å². The van der Waals surface area contributed by atoms with E-state index in [1.165, 1.54) is 12.3 Å². The fraction of sp³-hybridized carbons (Fsp3) is 0.286. The van der Waals surface area contributed by atoms with Gasteiger partial charge in [-0.25, -0.2) is 4.98 Å². The molecule has 0 saturated heterocycles. The van der Waals surface area contributed by atoms with Crippen LogP contribution in [0.25, 0.3) is 0 Å². The van der Waals surface area contributed by atoms with Crippen LogP contribution < -0.4 is 10.1 Å². The minimum Gasteiger partial charge on any atom is -0.388 e. The molecule has 0 radical (unpaired) electrons.